The second kappa shape index (κ2) is 8.70. The van der Waals surface area contributed by atoms with Gasteiger partial charge < -0.3 is 14.2 Å². The Hall–Kier alpha value is -2.79. The Labute approximate surface area is 175 Å². The molecule has 0 saturated carbocycles. The van der Waals surface area contributed by atoms with Crippen molar-refractivity contribution in [1.29, 1.82) is 0 Å². The minimum atomic E-state index is 0.0665. The molecule has 6 heteroatoms. The Morgan fingerprint density at radius 1 is 1.17 bits per heavy atom. The van der Waals surface area contributed by atoms with Crippen LogP contribution in [0.2, 0.25) is 5.02 Å². The number of aromatic nitrogens is 1. The molecule has 150 valence electrons. The molecule has 1 amide bonds. The summed E-state index contributed by atoms with van der Waals surface area (Å²) in [4.78, 5) is 14.4. The van der Waals surface area contributed by atoms with Crippen LogP contribution in [-0.2, 0) is 24.2 Å². The summed E-state index contributed by atoms with van der Waals surface area (Å²) in [6.07, 6.45) is 2.06. The minimum absolute atomic E-state index is 0.0665. The van der Waals surface area contributed by atoms with Gasteiger partial charge in [-0.1, -0.05) is 35.8 Å². The fourth-order valence-electron chi connectivity index (χ4n) is 3.51. The van der Waals surface area contributed by atoms with Gasteiger partial charge in [-0.2, -0.15) is 0 Å². The van der Waals surface area contributed by atoms with E-state index in [1.165, 1.54) is 5.56 Å². The van der Waals surface area contributed by atoms with Crippen LogP contribution in [0.25, 0.3) is 11.3 Å². The lowest BCUT2D eigenvalue weighted by Crippen LogP contribution is -2.36. The van der Waals surface area contributed by atoms with Crippen LogP contribution in [0.3, 0.4) is 0 Å². The number of carbonyl (C=O) groups is 1. The zero-order valence-corrected chi connectivity index (χ0v) is 17.1. The van der Waals surface area contributed by atoms with Gasteiger partial charge in [-0.05, 0) is 54.8 Å². The van der Waals surface area contributed by atoms with Crippen molar-refractivity contribution in [2.45, 2.75) is 32.7 Å². The molecule has 3 aromatic rings. The van der Waals surface area contributed by atoms with Gasteiger partial charge >= 0.3 is 0 Å². The van der Waals surface area contributed by atoms with E-state index in [1.54, 1.807) is 0 Å². The molecule has 5 nitrogen and oxygen atoms in total. The molecule has 0 saturated heterocycles. The van der Waals surface area contributed by atoms with E-state index in [9.17, 15) is 4.79 Å². The standard InChI is InChI=1S/C23H23ClN2O3/c1-2-16-3-9-19(10-4-16)28-14-12-22(27)26-13-11-20-21(15-26)25-29-23(20)17-5-7-18(24)8-6-17/h3-10H,2,11-15H2,1H3. The number of carbonyl (C=O) groups excluding carboxylic acids is 1. The first-order valence-electron chi connectivity index (χ1n) is 9.87. The van der Waals surface area contributed by atoms with Crippen molar-refractivity contribution < 1.29 is 14.1 Å². The lowest BCUT2D eigenvalue weighted by atomic mass is 10.0. The van der Waals surface area contributed by atoms with Crippen molar-refractivity contribution in [2.75, 3.05) is 13.2 Å². The second-order valence-corrected chi connectivity index (χ2v) is 7.54. The molecular formula is C23H23ClN2O3. The number of fused-ring (bicyclic) bond motifs is 1. The molecule has 0 spiro atoms. The van der Waals surface area contributed by atoms with Gasteiger partial charge in [-0.25, -0.2) is 0 Å². The monoisotopic (exact) mass is 410 g/mol. The number of hydrogen-bond acceptors (Lipinski definition) is 4. The van der Waals surface area contributed by atoms with E-state index in [0.29, 0.717) is 31.1 Å². The molecule has 1 aliphatic rings. The number of benzene rings is 2. The van der Waals surface area contributed by atoms with E-state index in [-0.39, 0.29) is 5.91 Å². The zero-order valence-electron chi connectivity index (χ0n) is 16.4. The maximum absolute atomic E-state index is 12.6. The summed E-state index contributed by atoms with van der Waals surface area (Å²) in [5.74, 6) is 1.62. The number of amides is 1. The second-order valence-electron chi connectivity index (χ2n) is 7.11. The van der Waals surface area contributed by atoms with Crippen molar-refractivity contribution in [3.05, 3.63) is 70.4 Å². The van der Waals surface area contributed by atoms with Crippen molar-refractivity contribution in [1.82, 2.24) is 10.1 Å². The molecule has 29 heavy (non-hydrogen) atoms. The molecule has 0 bridgehead atoms. The zero-order chi connectivity index (χ0) is 20.2. The van der Waals surface area contributed by atoms with E-state index in [2.05, 4.69) is 12.1 Å². The van der Waals surface area contributed by atoms with Gasteiger partial charge in [0.05, 0.1) is 19.6 Å². The van der Waals surface area contributed by atoms with Crippen LogP contribution < -0.4 is 4.74 Å². The highest BCUT2D eigenvalue weighted by molar-refractivity contribution is 6.30. The third-order valence-electron chi connectivity index (χ3n) is 5.22. The summed E-state index contributed by atoms with van der Waals surface area (Å²) in [5, 5.41) is 4.88. The van der Waals surface area contributed by atoms with E-state index in [1.807, 2.05) is 53.4 Å². The normalized spacial score (nSPS) is 13.2. The molecule has 1 aliphatic heterocycles. The van der Waals surface area contributed by atoms with Crippen LogP contribution in [0.15, 0.2) is 53.1 Å². The molecule has 2 heterocycles. The third kappa shape index (κ3) is 4.46. The Kier molecular flexibility index (Phi) is 5.86. The third-order valence-corrected chi connectivity index (χ3v) is 5.47. The van der Waals surface area contributed by atoms with E-state index in [0.717, 1.165) is 41.2 Å². The summed E-state index contributed by atoms with van der Waals surface area (Å²) >= 11 is 5.96. The number of nitrogens with zero attached hydrogens (tertiary/aromatic N) is 2. The predicted molar refractivity (Wildman–Crippen MR) is 112 cm³/mol. The van der Waals surface area contributed by atoms with E-state index < -0.39 is 0 Å². The van der Waals surface area contributed by atoms with E-state index >= 15 is 0 Å². The van der Waals surface area contributed by atoms with Crippen LogP contribution in [0.5, 0.6) is 5.75 Å². The first kappa shape index (κ1) is 19.5. The molecule has 0 atom stereocenters. The Balaban J connectivity index is 1.33. The van der Waals surface area contributed by atoms with Gasteiger partial charge in [0.15, 0.2) is 5.76 Å². The van der Waals surface area contributed by atoms with Gasteiger partial charge in [-0.15, -0.1) is 0 Å². The van der Waals surface area contributed by atoms with Crippen LogP contribution >= 0.6 is 11.6 Å². The minimum Gasteiger partial charge on any atom is -0.493 e. The average molecular weight is 411 g/mol. The highest BCUT2D eigenvalue weighted by atomic mass is 35.5. The molecule has 4 rings (SSSR count). The number of aryl methyl sites for hydroxylation is 1. The Bertz CT molecular complexity index is 980. The van der Waals surface area contributed by atoms with Crippen molar-refractivity contribution in [3.8, 4) is 17.1 Å². The van der Waals surface area contributed by atoms with Crippen LogP contribution in [0.4, 0.5) is 0 Å². The van der Waals surface area contributed by atoms with Crippen molar-refractivity contribution in [2.24, 2.45) is 0 Å². The summed E-state index contributed by atoms with van der Waals surface area (Å²) < 4.78 is 11.3. The van der Waals surface area contributed by atoms with Gasteiger partial charge in [0, 0.05) is 22.7 Å². The van der Waals surface area contributed by atoms with Crippen LogP contribution in [-0.4, -0.2) is 29.1 Å². The van der Waals surface area contributed by atoms with Gasteiger partial charge in [0.25, 0.3) is 0 Å². The number of hydrogen-bond donors (Lipinski definition) is 0. The largest absolute Gasteiger partial charge is 0.493 e. The first-order chi connectivity index (χ1) is 14.1. The molecular weight excluding hydrogens is 388 g/mol. The SMILES string of the molecule is CCc1ccc(OCCC(=O)N2CCc3c(noc3-c3ccc(Cl)cc3)C2)cc1. The highest BCUT2D eigenvalue weighted by Gasteiger charge is 2.27. The summed E-state index contributed by atoms with van der Waals surface area (Å²) in [6.45, 7) is 3.60. The van der Waals surface area contributed by atoms with Gasteiger partial charge in [0.2, 0.25) is 5.91 Å². The van der Waals surface area contributed by atoms with Crippen LogP contribution in [0, 0.1) is 0 Å². The molecule has 2 aromatic carbocycles. The average Bonchev–Trinajstić information content (AvgIpc) is 3.18. The van der Waals surface area contributed by atoms with Crippen molar-refractivity contribution in [3.63, 3.8) is 0 Å². The molecule has 0 unspecified atom stereocenters. The predicted octanol–water partition coefficient (Wildman–Crippen LogP) is 4.91. The summed E-state index contributed by atoms with van der Waals surface area (Å²) in [7, 11) is 0. The summed E-state index contributed by atoms with van der Waals surface area (Å²) in [6, 6.07) is 15.5. The van der Waals surface area contributed by atoms with Gasteiger partial charge in [-0.3, -0.25) is 4.79 Å². The first-order valence-corrected chi connectivity index (χ1v) is 10.2. The van der Waals surface area contributed by atoms with Crippen LogP contribution in [0.1, 0.15) is 30.2 Å². The fourth-order valence-corrected chi connectivity index (χ4v) is 3.63. The smallest absolute Gasteiger partial charge is 0.226 e. The lowest BCUT2D eigenvalue weighted by Gasteiger charge is -2.26. The Morgan fingerprint density at radius 2 is 1.93 bits per heavy atom. The summed E-state index contributed by atoms with van der Waals surface area (Å²) in [5.41, 5.74) is 4.11. The fraction of sp³-hybridized carbons (Fsp3) is 0.304. The molecule has 0 N–H and O–H groups in total. The lowest BCUT2D eigenvalue weighted by molar-refractivity contribution is -0.132. The van der Waals surface area contributed by atoms with E-state index in [4.69, 9.17) is 20.9 Å². The number of ether oxygens (including phenoxy) is 1. The number of rotatable bonds is 6. The molecule has 0 fully saturated rings. The maximum Gasteiger partial charge on any atom is 0.226 e. The number of halogens is 1. The quantitative estimate of drug-likeness (QED) is 0.579. The van der Waals surface area contributed by atoms with Gasteiger partial charge in [0.1, 0.15) is 11.4 Å². The maximum atomic E-state index is 12.6. The molecule has 0 aliphatic carbocycles. The highest BCUT2D eigenvalue weighted by Crippen LogP contribution is 2.31. The Morgan fingerprint density at radius 3 is 2.66 bits per heavy atom. The molecule has 1 aromatic heterocycles. The van der Waals surface area contributed by atoms with Crippen molar-refractivity contribution >= 4 is 17.5 Å². The molecule has 0 radical (unpaired) electrons. The topological polar surface area (TPSA) is 55.6 Å².